The second-order valence-electron chi connectivity index (χ2n) is 8.03. The van der Waals surface area contributed by atoms with Gasteiger partial charge in [-0.3, -0.25) is 9.80 Å². The molecule has 0 N–H and O–H groups in total. The molecule has 0 aromatic heterocycles. The average molecular weight is 368 g/mol. The summed E-state index contributed by atoms with van der Waals surface area (Å²) in [5, 5.41) is 0. The third-order valence-corrected chi connectivity index (χ3v) is 6.04. The molecule has 4 aliphatic rings. The number of hydrogen-bond acceptors (Lipinski definition) is 4. The zero-order valence-electron chi connectivity index (χ0n) is 15.4. The van der Waals surface area contributed by atoms with E-state index < -0.39 is 0 Å². The molecule has 0 spiro atoms. The van der Waals surface area contributed by atoms with E-state index in [-0.39, 0.29) is 5.82 Å². The van der Waals surface area contributed by atoms with E-state index in [2.05, 4.69) is 21.9 Å². The van der Waals surface area contributed by atoms with Gasteiger partial charge in [-0.05, 0) is 54.2 Å². The van der Waals surface area contributed by atoms with Crippen molar-refractivity contribution in [1.82, 2.24) is 9.80 Å². The number of piperidine rings is 1. The van der Waals surface area contributed by atoms with E-state index in [1.54, 1.807) is 12.1 Å². The molecule has 27 heavy (non-hydrogen) atoms. The summed E-state index contributed by atoms with van der Waals surface area (Å²) in [5.74, 6) is 2.26. The Balaban J connectivity index is 1.27. The fourth-order valence-electron chi connectivity index (χ4n) is 4.72. The molecular weight excluding hydrogens is 343 g/mol. The van der Waals surface area contributed by atoms with Crippen molar-refractivity contribution < 1.29 is 13.9 Å². The molecule has 6 rings (SSSR count). The van der Waals surface area contributed by atoms with Crippen LogP contribution in [-0.2, 0) is 13.1 Å². The lowest BCUT2D eigenvalue weighted by Gasteiger charge is -2.36. The highest BCUT2D eigenvalue weighted by atomic mass is 19.1. The number of halogens is 1. The molecule has 2 atom stereocenters. The highest BCUT2D eigenvalue weighted by Crippen LogP contribution is 2.34. The molecule has 5 heteroatoms. The minimum atomic E-state index is -0.162. The van der Waals surface area contributed by atoms with Gasteiger partial charge in [-0.15, -0.1) is 0 Å². The van der Waals surface area contributed by atoms with Crippen LogP contribution in [0.4, 0.5) is 4.39 Å². The van der Waals surface area contributed by atoms with Crippen LogP contribution in [0.2, 0.25) is 0 Å². The van der Waals surface area contributed by atoms with Crippen LogP contribution in [0.1, 0.15) is 24.0 Å². The van der Waals surface area contributed by atoms with E-state index in [4.69, 9.17) is 9.47 Å². The molecule has 4 aliphatic heterocycles. The Hall–Kier alpha value is -2.11. The minimum absolute atomic E-state index is 0.162. The molecule has 2 bridgehead atoms. The van der Waals surface area contributed by atoms with Crippen molar-refractivity contribution in [1.29, 1.82) is 0 Å². The fraction of sp³-hybridized carbons (Fsp3) is 0.455. The maximum Gasteiger partial charge on any atom is 0.231 e. The van der Waals surface area contributed by atoms with Gasteiger partial charge in [-0.1, -0.05) is 18.2 Å². The summed E-state index contributed by atoms with van der Waals surface area (Å²) in [6.45, 7) is 5.56. The van der Waals surface area contributed by atoms with Crippen LogP contribution in [0.15, 0.2) is 42.5 Å². The Bertz CT molecular complexity index is 810. The quantitative estimate of drug-likeness (QED) is 0.822. The molecule has 0 saturated carbocycles. The smallest absolute Gasteiger partial charge is 0.231 e. The zero-order chi connectivity index (χ0) is 18.2. The van der Waals surface area contributed by atoms with E-state index in [0.29, 0.717) is 18.8 Å². The molecule has 2 aromatic rings. The molecule has 3 fully saturated rings. The number of nitrogens with zero attached hydrogens (tertiary/aromatic N) is 2. The first-order chi connectivity index (χ1) is 13.2. The van der Waals surface area contributed by atoms with Gasteiger partial charge in [0, 0.05) is 38.8 Å². The van der Waals surface area contributed by atoms with Crippen molar-refractivity contribution in [2.45, 2.75) is 32.0 Å². The molecular formula is C22H25FN2O2. The van der Waals surface area contributed by atoms with Crippen molar-refractivity contribution in [2.24, 2.45) is 5.92 Å². The lowest BCUT2D eigenvalue weighted by molar-refractivity contribution is 0.123. The third kappa shape index (κ3) is 3.66. The standard InChI is InChI=1S/C22H25FN2O2/c23-19-5-1-16(2-6-19)10-24-11-18-3-7-20(14-24)25(13-18)12-17-4-8-21-22(9-17)27-15-26-21/h1-2,4-6,8-9,18,20H,3,7,10-15H2/t18-,20+/m0/s1. The van der Waals surface area contributed by atoms with Crippen LogP contribution in [0.5, 0.6) is 11.5 Å². The Morgan fingerprint density at radius 2 is 1.67 bits per heavy atom. The first kappa shape index (κ1) is 17.0. The van der Waals surface area contributed by atoms with Crippen LogP contribution in [0, 0.1) is 11.7 Å². The van der Waals surface area contributed by atoms with Gasteiger partial charge in [0.2, 0.25) is 6.79 Å². The molecule has 0 aliphatic carbocycles. The van der Waals surface area contributed by atoms with Crippen LogP contribution < -0.4 is 9.47 Å². The Morgan fingerprint density at radius 1 is 0.852 bits per heavy atom. The predicted octanol–water partition coefficient (Wildman–Crippen LogP) is 3.65. The van der Waals surface area contributed by atoms with Crippen molar-refractivity contribution >= 4 is 0 Å². The molecule has 0 unspecified atom stereocenters. The van der Waals surface area contributed by atoms with Crippen molar-refractivity contribution in [3.05, 3.63) is 59.4 Å². The maximum absolute atomic E-state index is 13.2. The Labute approximate surface area is 159 Å². The van der Waals surface area contributed by atoms with Gasteiger partial charge >= 0.3 is 0 Å². The molecule has 142 valence electrons. The van der Waals surface area contributed by atoms with E-state index >= 15 is 0 Å². The zero-order valence-corrected chi connectivity index (χ0v) is 15.4. The Kier molecular flexibility index (Phi) is 4.50. The topological polar surface area (TPSA) is 24.9 Å². The third-order valence-electron chi connectivity index (χ3n) is 6.04. The summed E-state index contributed by atoms with van der Waals surface area (Å²) in [4.78, 5) is 5.19. The highest BCUT2D eigenvalue weighted by Gasteiger charge is 2.34. The van der Waals surface area contributed by atoms with E-state index in [1.807, 2.05) is 18.2 Å². The van der Waals surface area contributed by atoms with Crippen LogP contribution in [-0.4, -0.2) is 42.3 Å². The number of rotatable bonds is 4. The molecule has 2 aromatic carbocycles. The number of hydrogen-bond donors (Lipinski definition) is 0. The number of fused-ring (bicyclic) bond motifs is 5. The van der Waals surface area contributed by atoms with Gasteiger partial charge in [0.05, 0.1) is 0 Å². The lowest BCUT2D eigenvalue weighted by atomic mass is 9.94. The molecule has 4 nitrogen and oxygen atoms in total. The second kappa shape index (κ2) is 7.13. The maximum atomic E-state index is 13.2. The Morgan fingerprint density at radius 3 is 2.56 bits per heavy atom. The van der Waals surface area contributed by atoms with Crippen molar-refractivity contribution in [3.8, 4) is 11.5 Å². The molecule has 0 amide bonds. The fourth-order valence-corrected chi connectivity index (χ4v) is 4.72. The normalized spacial score (nSPS) is 24.9. The van der Waals surface area contributed by atoms with Crippen LogP contribution in [0.25, 0.3) is 0 Å². The van der Waals surface area contributed by atoms with E-state index in [1.165, 1.54) is 24.0 Å². The van der Waals surface area contributed by atoms with Gasteiger partial charge in [0.25, 0.3) is 0 Å². The first-order valence-corrected chi connectivity index (χ1v) is 9.82. The summed E-state index contributed by atoms with van der Waals surface area (Å²) >= 11 is 0. The van der Waals surface area contributed by atoms with Gasteiger partial charge < -0.3 is 9.47 Å². The minimum Gasteiger partial charge on any atom is -0.454 e. The lowest BCUT2D eigenvalue weighted by Crippen LogP contribution is -2.43. The second-order valence-corrected chi connectivity index (χ2v) is 8.03. The summed E-state index contributed by atoms with van der Waals surface area (Å²) in [6, 6.07) is 13.8. The van der Waals surface area contributed by atoms with Crippen LogP contribution >= 0.6 is 0 Å². The highest BCUT2D eigenvalue weighted by molar-refractivity contribution is 5.44. The van der Waals surface area contributed by atoms with Crippen LogP contribution in [0.3, 0.4) is 0 Å². The van der Waals surface area contributed by atoms with E-state index in [9.17, 15) is 4.39 Å². The summed E-state index contributed by atoms with van der Waals surface area (Å²) in [7, 11) is 0. The summed E-state index contributed by atoms with van der Waals surface area (Å²) in [5.41, 5.74) is 2.48. The van der Waals surface area contributed by atoms with Gasteiger partial charge in [-0.25, -0.2) is 4.39 Å². The average Bonchev–Trinajstić information content (AvgIpc) is 2.97. The van der Waals surface area contributed by atoms with Gasteiger partial charge in [0.1, 0.15) is 5.82 Å². The number of benzene rings is 2. The van der Waals surface area contributed by atoms with E-state index in [0.717, 1.165) is 44.2 Å². The summed E-state index contributed by atoms with van der Waals surface area (Å²) < 4.78 is 24.1. The van der Waals surface area contributed by atoms with Gasteiger partial charge in [0.15, 0.2) is 11.5 Å². The number of ether oxygens (including phenoxy) is 2. The monoisotopic (exact) mass is 368 g/mol. The van der Waals surface area contributed by atoms with Crippen molar-refractivity contribution in [2.75, 3.05) is 26.4 Å². The van der Waals surface area contributed by atoms with Gasteiger partial charge in [-0.2, -0.15) is 0 Å². The predicted molar refractivity (Wildman–Crippen MR) is 101 cm³/mol. The summed E-state index contributed by atoms with van der Waals surface area (Å²) in [6.07, 6.45) is 2.57. The molecule has 4 heterocycles. The molecule has 3 saturated heterocycles. The molecule has 0 radical (unpaired) electrons. The largest absolute Gasteiger partial charge is 0.454 e. The SMILES string of the molecule is Fc1ccc(CN2C[C@@H]3CC[C@H](C2)N(Cc2ccc4c(c2)OCO4)C3)cc1. The van der Waals surface area contributed by atoms with Crippen molar-refractivity contribution in [3.63, 3.8) is 0 Å². The first-order valence-electron chi connectivity index (χ1n) is 9.82.